The highest BCUT2D eigenvalue weighted by Gasteiger charge is 2.06. The van der Waals surface area contributed by atoms with Gasteiger partial charge in [-0.25, -0.2) is 0 Å². The largest absolute Gasteiger partial charge is 0.361 e. The molecule has 0 fully saturated rings. The van der Waals surface area contributed by atoms with Gasteiger partial charge in [0.2, 0.25) is 0 Å². The molecule has 88 valence electrons. The van der Waals surface area contributed by atoms with Crippen LogP contribution in [-0.2, 0) is 6.54 Å². The highest BCUT2D eigenvalue weighted by Crippen LogP contribution is 2.08. The maximum Gasteiger partial charge on any atom is 0.251 e. The number of hydrogen-bond donors (Lipinski definition) is 2. The first-order valence-electron chi connectivity index (χ1n) is 5.14. The minimum Gasteiger partial charge on any atom is -0.361 e. The fraction of sp³-hybridized carbons (Fsp3) is 0.167. The number of thiol groups is 1. The second-order valence-electron chi connectivity index (χ2n) is 3.66. The predicted octanol–water partition coefficient (Wildman–Crippen LogP) is 2.20. The van der Waals surface area contributed by atoms with E-state index in [1.165, 1.54) is 0 Å². The Labute approximate surface area is 104 Å². The fourth-order valence-corrected chi connectivity index (χ4v) is 1.54. The lowest BCUT2D eigenvalue weighted by Crippen LogP contribution is -2.22. The summed E-state index contributed by atoms with van der Waals surface area (Å²) in [4.78, 5) is 12.6. The van der Waals surface area contributed by atoms with Crippen molar-refractivity contribution in [3.8, 4) is 0 Å². The third-order valence-corrected chi connectivity index (χ3v) is 2.53. The lowest BCUT2D eigenvalue weighted by atomic mass is 10.2. The van der Waals surface area contributed by atoms with Crippen molar-refractivity contribution in [3.63, 3.8) is 0 Å². The lowest BCUT2D eigenvalue weighted by Gasteiger charge is -2.02. The zero-order valence-electron chi connectivity index (χ0n) is 9.30. The maximum atomic E-state index is 11.7. The first kappa shape index (κ1) is 11.7. The van der Waals surface area contributed by atoms with Gasteiger partial charge in [-0.1, -0.05) is 5.16 Å². The van der Waals surface area contributed by atoms with E-state index >= 15 is 0 Å². The van der Waals surface area contributed by atoms with E-state index in [2.05, 4.69) is 23.1 Å². The van der Waals surface area contributed by atoms with Crippen LogP contribution in [0, 0.1) is 6.92 Å². The van der Waals surface area contributed by atoms with E-state index in [0.717, 1.165) is 10.7 Å². The molecular formula is C12H12N2O2S. The first-order valence-corrected chi connectivity index (χ1v) is 5.59. The maximum absolute atomic E-state index is 11.7. The highest BCUT2D eigenvalue weighted by atomic mass is 32.1. The number of hydrogen-bond acceptors (Lipinski definition) is 4. The van der Waals surface area contributed by atoms with E-state index in [4.69, 9.17) is 4.52 Å². The molecule has 17 heavy (non-hydrogen) atoms. The summed E-state index contributed by atoms with van der Waals surface area (Å²) in [6.07, 6.45) is 0. The van der Waals surface area contributed by atoms with Gasteiger partial charge in [0.25, 0.3) is 5.91 Å². The van der Waals surface area contributed by atoms with Gasteiger partial charge in [0.05, 0.1) is 6.54 Å². The summed E-state index contributed by atoms with van der Waals surface area (Å²) in [5, 5.41) is 6.56. The standard InChI is InChI=1S/C12H12N2O2S/c1-8-6-10(14-16-8)7-13-12(15)9-2-4-11(17)5-3-9/h2-6,17H,7H2,1H3,(H,13,15). The minimum atomic E-state index is -0.140. The number of benzene rings is 1. The Kier molecular flexibility index (Phi) is 3.49. The van der Waals surface area contributed by atoms with Crippen molar-refractivity contribution < 1.29 is 9.32 Å². The van der Waals surface area contributed by atoms with Gasteiger partial charge >= 0.3 is 0 Å². The van der Waals surface area contributed by atoms with Gasteiger partial charge < -0.3 is 9.84 Å². The molecule has 1 N–H and O–H groups in total. The Bertz CT molecular complexity index is 520. The molecule has 0 spiro atoms. The number of rotatable bonds is 3. The van der Waals surface area contributed by atoms with Crippen LogP contribution in [0.5, 0.6) is 0 Å². The number of carbonyl (C=O) groups excluding carboxylic acids is 1. The number of nitrogens with one attached hydrogen (secondary N) is 1. The Morgan fingerprint density at radius 3 is 2.71 bits per heavy atom. The topological polar surface area (TPSA) is 55.1 Å². The normalized spacial score (nSPS) is 10.2. The molecule has 0 saturated heterocycles. The van der Waals surface area contributed by atoms with E-state index in [9.17, 15) is 4.79 Å². The lowest BCUT2D eigenvalue weighted by molar-refractivity contribution is 0.0950. The molecule has 5 heteroatoms. The molecule has 0 aliphatic heterocycles. The summed E-state index contributed by atoms with van der Waals surface area (Å²) in [5.74, 6) is 0.590. The van der Waals surface area contributed by atoms with Crippen LogP contribution in [0.4, 0.5) is 0 Å². The third-order valence-electron chi connectivity index (χ3n) is 2.24. The number of nitrogens with zero attached hydrogens (tertiary/aromatic N) is 1. The van der Waals surface area contributed by atoms with Crippen LogP contribution in [0.3, 0.4) is 0 Å². The average molecular weight is 248 g/mol. The zero-order chi connectivity index (χ0) is 12.3. The Hall–Kier alpha value is -1.75. The Balaban J connectivity index is 1.95. The molecule has 0 unspecified atom stereocenters. The molecule has 0 aliphatic rings. The first-order chi connectivity index (χ1) is 8.15. The molecule has 1 amide bonds. The summed E-state index contributed by atoms with van der Waals surface area (Å²) in [5.41, 5.74) is 1.31. The molecule has 1 aromatic carbocycles. The summed E-state index contributed by atoms with van der Waals surface area (Å²) in [6.45, 7) is 2.17. The predicted molar refractivity (Wildman–Crippen MR) is 66.1 cm³/mol. The average Bonchev–Trinajstić information content (AvgIpc) is 2.73. The van der Waals surface area contributed by atoms with Gasteiger partial charge in [0.1, 0.15) is 11.5 Å². The Morgan fingerprint density at radius 1 is 1.41 bits per heavy atom. The van der Waals surface area contributed by atoms with Crippen LogP contribution in [0.1, 0.15) is 21.8 Å². The van der Waals surface area contributed by atoms with Gasteiger partial charge in [0, 0.05) is 16.5 Å². The number of carbonyl (C=O) groups is 1. The van der Waals surface area contributed by atoms with E-state index in [1.54, 1.807) is 30.3 Å². The monoisotopic (exact) mass is 248 g/mol. The van der Waals surface area contributed by atoms with Crippen LogP contribution in [-0.4, -0.2) is 11.1 Å². The highest BCUT2D eigenvalue weighted by molar-refractivity contribution is 7.80. The third kappa shape index (κ3) is 3.10. The fourth-order valence-electron chi connectivity index (χ4n) is 1.39. The van der Waals surface area contributed by atoms with Crippen molar-refractivity contribution >= 4 is 18.5 Å². The molecule has 0 saturated carbocycles. The number of aromatic nitrogens is 1. The van der Waals surface area contributed by atoms with Crippen molar-refractivity contribution in [3.05, 3.63) is 47.3 Å². The summed E-state index contributed by atoms with van der Waals surface area (Å²) < 4.78 is 4.91. The van der Waals surface area contributed by atoms with Crippen LogP contribution in [0.15, 0.2) is 39.8 Å². The molecule has 1 aromatic heterocycles. The van der Waals surface area contributed by atoms with Crippen molar-refractivity contribution in [2.75, 3.05) is 0 Å². The quantitative estimate of drug-likeness (QED) is 0.819. The van der Waals surface area contributed by atoms with Crippen molar-refractivity contribution in [1.82, 2.24) is 10.5 Å². The summed E-state index contributed by atoms with van der Waals surface area (Å²) in [6, 6.07) is 8.80. The molecule has 0 aliphatic carbocycles. The second-order valence-corrected chi connectivity index (χ2v) is 4.17. The Morgan fingerprint density at radius 2 is 2.12 bits per heavy atom. The smallest absolute Gasteiger partial charge is 0.251 e. The van der Waals surface area contributed by atoms with E-state index in [1.807, 2.05) is 6.92 Å². The summed E-state index contributed by atoms with van der Waals surface area (Å²) in [7, 11) is 0. The summed E-state index contributed by atoms with van der Waals surface area (Å²) >= 11 is 4.16. The van der Waals surface area contributed by atoms with E-state index in [0.29, 0.717) is 17.8 Å². The van der Waals surface area contributed by atoms with Gasteiger partial charge in [-0.15, -0.1) is 12.6 Å². The minimum absolute atomic E-state index is 0.140. The van der Waals surface area contributed by atoms with Crippen molar-refractivity contribution in [2.24, 2.45) is 0 Å². The molecule has 1 heterocycles. The number of amides is 1. The van der Waals surface area contributed by atoms with Crippen LogP contribution < -0.4 is 5.32 Å². The molecule has 2 aromatic rings. The SMILES string of the molecule is Cc1cc(CNC(=O)c2ccc(S)cc2)no1. The van der Waals surface area contributed by atoms with Gasteiger partial charge in [-0.05, 0) is 31.2 Å². The van der Waals surface area contributed by atoms with Crippen LogP contribution in [0.25, 0.3) is 0 Å². The van der Waals surface area contributed by atoms with E-state index in [-0.39, 0.29) is 5.91 Å². The molecule has 2 rings (SSSR count). The van der Waals surface area contributed by atoms with Gasteiger partial charge in [0.15, 0.2) is 0 Å². The van der Waals surface area contributed by atoms with Gasteiger partial charge in [-0.2, -0.15) is 0 Å². The van der Waals surface area contributed by atoms with E-state index < -0.39 is 0 Å². The van der Waals surface area contributed by atoms with Gasteiger partial charge in [-0.3, -0.25) is 4.79 Å². The molecule has 0 atom stereocenters. The van der Waals surface area contributed by atoms with Crippen molar-refractivity contribution in [2.45, 2.75) is 18.4 Å². The molecule has 0 radical (unpaired) electrons. The van der Waals surface area contributed by atoms with Crippen LogP contribution >= 0.6 is 12.6 Å². The number of aryl methyl sites for hydroxylation is 1. The van der Waals surface area contributed by atoms with Crippen LogP contribution in [0.2, 0.25) is 0 Å². The molecular weight excluding hydrogens is 236 g/mol. The zero-order valence-corrected chi connectivity index (χ0v) is 10.2. The second kappa shape index (κ2) is 5.05. The molecule has 0 bridgehead atoms. The molecule has 4 nitrogen and oxygen atoms in total. The van der Waals surface area contributed by atoms with Crippen molar-refractivity contribution in [1.29, 1.82) is 0 Å².